The lowest BCUT2D eigenvalue weighted by Gasteiger charge is -2.20. The van der Waals surface area contributed by atoms with Crippen LogP contribution in [-0.4, -0.2) is 17.0 Å². The molecule has 0 amide bonds. The van der Waals surface area contributed by atoms with Crippen molar-refractivity contribution in [3.63, 3.8) is 0 Å². The van der Waals surface area contributed by atoms with E-state index in [-0.39, 0.29) is 17.6 Å². The summed E-state index contributed by atoms with van der Waals surface area (Å²) in [7, 11) is 0. The average Bonchev–Trinajstić information content (AvgIpc) is 2.00. The number of carbonyl (C=O) groups is 1. The van der Waals surface area contributed by atoms with Crippen molar-refractivity contribution in [3.05, 3.63) is 0 Å². The van der Waals surface area contributed by atoms with Crippen LogP contribution < -0.4 is 0 Å². The minimum atomic E-state index is -0.484. The predicted octanol–water partition coefficient (Wildman–Crippen LogP) is 1.62. The standard InChI is InChI=1S/C9H18O2/c1-5-8(10)7(4)9(11)6(2)3/h6-7,9,11H,5H2,1-4H3/t7-,9+/m1/s1. The number of hydrogen-bond acceptors (Lipinski definition) is 2. The predicted molar refractivity (Wildman–Crippen MR) is 45.3 cm³/mol. The molecule has 2 heteroatoms. The summed E-state index contributed by atoms with van der Waals surface area (Å²) in [5.41, 5.74) is 0. The fraction of sp³-hybridized carbons (Fsp3) is 0.889. The van der Waals surface area contributed by atoms with Crippen LogP contribution in [-0.2, 0) is 4.79 Å². The van der Waals surface area contributed by atoms with Gasteiger partial charge in [-0.1, -0.05) is 27.7 Å². The highest BCUT2D eigenvalue weighted by Crippen LogP contribution is 2.14. The first-order valence-electron chi connectivity index (χ1n) is 4.21. The van der Waals surface area contributed by atoms with Crippen LogP contribution in [0.25, 0.3) is 0 Å². The van der Waals surface area contributed by atoms with Crippen LogP contribution in [0.15, 0.2) is 0 Å². The second-order valence-corrected chi connectivity index (χ2v) is 3.34. The highest BCUT2D eigenvalue weighted by Gasteiger charge is 2.22. The highest BCUT2D eigenvalue weighted by molar-refractivity contribution is 5.80. The molecule has 1 N–H and O–H groups in total. The smallest absolute Gasteiger partial charge is 0.138 e. The SMILES string of the molecule is CCC(=O)[C@@H](C)[C@@H](O)C(C)C. The van der Waals surface area contributed by atoms with E-state index in [1.54, 1.807) is 6.92 Å². The molecule has 0 aromatic rings. The summed E-state index contributed by atoms with van der Waals surface area (Å²) in [6.45, 7) is 7.45. The van der Waals surface area contributed by atoms with Gasteiger partial charge in [-0.2, -0.15) is 0 Å². The number of hydrogen-bond donors (Lipinski definition) is 1. The van der Waals surface area contributed by atoms with E-state index in [0.29, 0.717) is 6.42 Å². The lowest BCUT2D eigenvalue weighted by molar-refractivity contribution is -0.126. The van der Waals surface area contributed by atoms with Gasteiger partial charge in [-0.05, 0) is 5.92 Å². The molecule has 2 nitrogen and oxygen atoms in total. The second kappa shape index (κ2) is 4.50. The Hall–Kier alpha value is -0.370. The number of ketones is 1. The third-order valence-corrected chi connectivity index (χ3v) is 2.05. The molecule has 0 saturated carbocycles. The lowest BCUT2D eigenvalue weighted by atomic mass is 9.90. The van der Waals surface area contributed by atoms with Gasteiger partial charge in [-0.15, -0.1) is 0 Å². The Bertz CT molecular complexity index is 130. The number of Topliss-reactive ketones (excluding diaryl/α,β-unsaturated/α-hetero) is 1. The Balaban J connectivity index is 4.01. The van der Waals surface area contributed by atoms with Crippen LogP contribution in [0.2, 0.25) is 0 Å². The van der Waals surface area contributed by atoms with Gasteiger partial charge in [-0.25, -0.2) is 0 Å². The number of aliphatic hydroxyl groups is 1. The molecule has 0 bridgehead atoms. The molecule has 0 saturated heterocycles. The van der Waals surface area contributed by atoms with E-state index in [1.807, 2.05) is 20.8 Å². The third kappa shape index (κ3) is 3.02. The van der Waals surface area contributed by atoms with Crippen molar-refractivity contribution in [2.45, 2.75) is 40.2 Å². The summed E-state index contributed by atoms with van der Waals surface area (Å²) >= 11 is 0. The van der Waals surface area contributed by atoms with E-state index in [1.165, 1.54) is 0 Å². The summed E-state index contributed by atoms with van der Waals surface area (Å²) in [5.74, 6) is 0.103. The van der Waals surface area contributed by atoms with Crippen LogP contribution in [0, 0.1) is 11.8 Å². The average molecular weight is 158 g/mol. The van der Waals surface area contributed by atoms with E-state index in [9.17, 15) is 9.90 Å². The van der Waals surface area contributed by atoms with E-state index < -0.39 is 6.10 Å². The molecular formula is C9H18O2. The molecule has 0 aromatic carbocycles. The molecule has 0 radical (unpaired) electrons. The van der Waals surface area contributed by atoms with Gasteiger partial charge in [-0.3, -0.25) is 4.79 Å². The molecule has 11 heavy (non-hydrogen) atoms. The lowest BCUT2D eigenvalue weighted by Crippen LogP contribution is -2.29. The van der Waals surface area contributed by atoms with Gasteiger partial charge in [0.2, 0.25) is 0 Å². The minimum absolute atomic E-state index is 0.145. The van der Waals surface area contributed by atoms with Gasteiger partial charge in [0.15, 0.2) is 0 Å². The van der Waals surface area contributed by atoms with E-state index >= 15 is 0 Å². The van der Waals surface area contributed by atoms with Gasteiger partial charge in [0.05, 0.1) is 6.10 Å². The first kappa shape index (κ1) is 10.6. The molecule has 0 aliphatic heterocycles. The quantitative estimate of drug-likeness (QED) is 0.675. The van der Waals surface area contributed by atoms with Gasteiger partial charge >= 0.3 is 0 Å². The zero-order valence-electron chi connectivity index (χ0n) is 7.79. The van der Waals surface area contributed by atoms with Crippen LogP contribution >= 0.6 is 0 Å². The van der Waals surface area contributed by atoms with Crippen molar-refractivity contribution in [1.29, 1.82) is 0 Å². The Labute approximate surface area is 68.6 Å². The van der Waals surface area contributed by atoms with E-state index in [2.05, 4.69) is 0 Å². The second-order valence-electron chi connectivity index (χ2n) is 3.34. The molecule has 0 aromatic heterocycles. The van der Waals surface area contributed by atoms with Crippen molar-refractivity contribution >= 4 is 5.78 Å². The van der Waals surface area contributed by atoms with Crippen molar-refractivity contribution < 1.29 is 9.90 Å². The molecule has 0 rings (SSSR count). The summed E-state index contributed by atoms with van der Waals surface area (Å²) in [5, 5.41) is 9.48. The molecular weight excluding hydrogens is 140 g/mol. The van der Waals surface area contributed by atoms with Gasteiger partial charge < -0.3 is 5.11 Å². The Kier molecular flexibility index (Phi) is 4.34. The van der Waals surface area contributed by atoms with Gasteiger partial charge in [0.1, 0.15) is 5.78 Å². The maximum absolute atomic E-state index is 11.1. The molecule has 0 spiro atoms. The minimum Gasteiger partial charge on any atom is -0.392 e. The maximum atomic E-state index is 11.1. The van der Waals surface area contributed by atoms with Crippen LogP contribution in [0.1, 0.15) is 34.1 Å². The molecule has 66 valence electrons. The normalized spacial score (nSPS) is 16.5. The maximum Gasteiger partial charge on any atom is 0.138 e. The van der Waals surface area contributed by atoms with Crippen LogP contribution in [0.4, 0.5) is 0 Å². The molecule has 0 heterocycles. The summed E-state index contributed by atoms with van der Waals surface area (Å²) < 4.78 is 0. The van der Waals surface area contributed by atoms with E-state index in [0.717, 1.165) is 0 Å². The van der Waals surface area contributed by atoms with Crippen molar-refractivity contribution in [1.82, 2.24) is 0 Å². The monoisotopic (exact) mass is 158 g/mol. The molecule has 2 atom stereocenters. The Morgan fingerprint density at radius 2 is 1.82 bits per heavy atom. The molecule has 0 fully saturated rings. The number of carbonyl (C=O) groups excluding carboxylic acids is 1. The fourth-order valence-corrected chi connectivity index (χ4v) is 1.09. The first-order chi connectivity index (χ1) is 5.00. The first-order valence-corrected chi connectivity index (χ1v) is 4.21. The topological polar surface area (TPSA) is 37.3 Å². The molecule has 0 aliphatic carbocycles. The zero-order chi connectivity index (χ0) is 9.02. The van der Waals surface area contributed by atoms with Crippen molar-refractivity contribution in [2.75, 3.05) is 0 Å². The highest BCUT2D eigenvalue weighted by atomic mass is 16.3. The van der Waals surface area contributed by atoms with Crippen LogP contribution in [0.3, 0.4) is 0 Å². The van der Waals surface area contributed by atoms with Gasteiger partial charge in [0.25, 0.3) is 0 Å². The van der Waals surface area contributed by atoms with Crippen LogP contribution in [0.5, 0.6) is 0 Å². The summed E-state index contributed by atoms with van der Waals surface area (Å²) in [6.07, 6.45) is 0.0350. The Morgan fingerprint density at radius 1 is 1.36 bits per heavy atom. The third-order valence-electron chi connectivity index (χ3n) is 2.05. The zero-order valence-corrected chi connectivity index (χ0v) is 7.79. The fourth-order valence-electron chi connectivity index (χ4n) is 1.09. The largest absolute Gasteiger partial charge is 0.392 e. The molecule has 0 unspecified atom stereocenters. The summed E-state index contributed by atoms with van der Waals surface area (Å²) in [6, 6.07) is 0. The summed E-state index contributed by atoms with van der Waals surface area (Å²) in [4.78, 5) is 11.1. The van der Waals surface area contributed by atoms with Crippen molar-refractivity contribution in [3.8, 4) is 0 Å². The van der Waals surface area contributed by atoms with Crippen molar-refractivity contribution in [2.24, 2.45) is 11.8 Å². The Morgan fingerprint density at radius 3 is 2.09 bits per heavy atom. The van der Waals surface area contributed by atoms with E-state index in [4.69, 9.17) is 0 Å². The molecule has 0 aliphatic rings. The van der Waals surface area contributed by atoms with Gasteiger partial charge in [0, 0.05) is 12.3 Å². The number of rotatable bonds is 4. The number of aliphatic hydroxyl groups excluding tert-OH is 1.